The fourth-order valence-corrected chi connectivity index (χ4v) is 4.46. The summed E-state index contributed by atoms with van der Waals surface area (Å²) in [6, 6.07) is 18.4. The molecule has 2 aromatic rings. The minimum Gasteiger partial charge on any atom is -0.281 e. The van der Waals surface area contributed by atoms with E-state index in [4.69, 9.17) is 0 Å². The molecule has 136 valence electrons. The zero-order valence-corrected chi connectivity index (χ0v) is 15.0. The van der Waals surface area contributed by atoms with Crippen molar-refractivity contribution in [2.75, 3.05) is 13.1 Å². The third-order valence-corrected chi connectivity index (χ3v) is 5.71. The molecule has 2 aromatic carbocycles. The summed E-state index contributed by atoms with van der Waals surface area (Å²) >= 11 is 0. The zero-order chi connectivity index (χ0) is 17.9. The lowest BCUT2D eigenvalue weighted by Crippen LogP contribution is -2.54. The van der Waals surface area contributed by atoms with Crippen molar-refractivity contribution in [3.8, 4) is 0 Å². The van der Waals surface area contributed by atoms with E-state index in [0.29, 0.717) is 6.04 Å². The summed E-state index contributed by atoms with van der Waals surface area (Å²) in [7, 11) is 0. The van der Waals surface area contributed by atoms with Gasteiger partial charge in [0.05, 0.1) is 11.1 Å². The first-order valence-corrected chi connectivity index (χ1v) is 9.50. The van der Waals surface area contributed by atoms with Crippen molar-refractivity contribution in [3.63, 3.8) is 0 Å². The first-order chi connectivity index (χ1) is 12.7. The number of nitro benzene ring substituents is 1. The standard InChI is InChI=1S/C21H25N3O2/c25-24(26)20-11-9-18(10-12-20)21-22(16-17-6-2-1-3-7-17)15-13-19-8-4-5-14-23(19)21/h1-3,6-7,9-12,19,21H,4-5,8,13-16H2/t19-,21-/m1/s1. The molecular weight excluding hydrogens is 326 g/mol. The van der Waals surface area contributed by atoms with Gasteiger partial charge in [0.25, 0.3) is 5.69 Å². The van der Waals surface area contributed by atoms with Crippen LogP contribution in [0, 0.1) is 10.1 Å². The van der Waals surface area contributed by atoms with Gasteiger partial charge in [0.15, 0.2) is 0 Å². The van der Waals surface area contributed by atoms with E-state index in [9.17, 15) is 10.1 Å². The van der Waals surface area contributed by atoms with Crippen molar-refractivity contribution in [2.45, 2.75) is 44.4 Å². The average Bonchev–Trinajstić information content (AvgIpc) is 2.69. The van der Waals surface area contributed by atoms with E-state index < -0.39 is 0 Å². The van der Waals surface area contributed by atoms with Crippen LogP contribution in [0.1, 0.15) is 43.0 Å². The van der Waals surface area contributed by atoms with Gasteiger partial charge in [-0.05, 0) is 42.5 Å². The number of piperidine rings is 1. The molecule has 2 aliphatic rings. The molecule has 5 nitrogen and oxygen atoms in total. The van der Waals surface area contributed by atoms with Crippen LogP contribution < -0.4 is 0 Å². The first kappa shape index (κ1) is 17.2. The van der Waals surface area contributed by atoms with Gasteiger partial charge < -0.3 is 0 Å². The summed E-state index contributed by atoms with van der Waals surface area (Å²) in [6.45, 7) is 3.08. The summed E-state index contributed by atoms with van der Waals surface area (Å²) < 4.78 is 0. The molecule has 26 heavy (non-hydrogen) atoms. The number of nitrogens with zero attached hydrogens (tertiary/aromatic N) is 3. The molecule has 0 N–H and O–H groups in total. The molecular formula is C21H25N3O2. The minimum atomic E-state index is -0.323. The topological polar surface area (TPSA) is 49.6 Å². The van der Waals surface area contributed by atoms with E-state index in [0.717, 1.165) is 25.2 Å². The monoisotopic (exact) mass is 351 g/mol. The molecule has 2 saturated heterocycles. The Morgan fingerprint density at radius 1 is 0.962 bits per heavy atom. The Kier molecular flexibility index (Phi) is 5.00. The Hall–Kier alpha value is -2.24. The van der Waals surface area contributed by atoms with Crippen molar-refractivity contribution in [3.05, 3.63) is 75.8 Å². The molecule has 0 radical (unpaired) electrons. The van der Waals surface area contributed by atoms with Crippen molar-refractivity contribution in [1.29, 1.82) is 0 Å². The first-order valence-electron chi connectivity index (χ1n) is 9.50. The molecule has 4 rings (SSSR count). The van der Waals surface area contributed by atoms with Gasteiger partial charge in [-0.2, -0.15) is 0 Å². The van der Waals surface area contributed by atoms with E-state index in [-0.39, 0.29) is 16.8 Å². The van der Waals surface area contributed by atoms with Crippen LogP contribution in [0.2, 0.25) is 0 Å². The van der Waals surface area contributed by atoms with Crippen molar-refractivity contribution >= 4 is 5.69 Å². The van der Waals surface area contributed by atoms with Gasteiger partial charge in [-0.25, -0.2) is 0 Å². The van der Waals surface area contributed by atoms with Crippen LogP contribution in [-0.4, -0.2) is 33.9 Å². The highest BCUT2D eigenvalue weighted by molar-refractivity contribution is 5.34. The number of hydrogen-bond acceptors (Lipinski definition) is 4. The second-order valence-corrected chi connectivity index (χ2v) is 7.35. The summed E-state index contributed by atoms with van der Waals surface area (Å²) in [6.07, 6.45) is 5.22. The Balaban J connectivity index is 1.64. The minimum absolute atomic E-state index is 0.161. The van der Waals surface area contributed by atoms with Crippen LogP contribution in [0.5, 0.6) is 0 Å². The summed E-state index contributed by atoms with van der Waals surface area (Å²) in [5.41, 5.74) is 2.64. The van der Waals surface area contributed by atoms with Crippen molar-refractivity contribution < 1.29 is 4.92 Å². The summed E-state index contributed by atoms with van der Waals surface area (Å²) in [5, 5.41) is 11.0. The third-order valence-electron chi connectivity index (χ3n) is 5.71. The molecule has 0 aromatic heterocycles. The maximum atomic E-state index is 11.0. The number of non-ortho nitro benzene ring substituents is 1. The highest BCUT2D eigenvalue weighted by atomic mass is 16.6. The van der Waals surface area contributed by atoms with Crippen LogP contribution >= 0.6 is 0 Å². The lowest BCUT2D eigenvalue weighted by Gasteiger charge is -2.50. The molecule has 2 aliphatic heterocycles. The van der Waals surface area contributed by atoms with Gasteiger partial charge in [0.2, 0.25) is 0 Å². The maximum Gasteiger partial charge on any atom is 0.269 e. The predicted molar refractivity (Wildman–Crippen MR) is 102 cm³/mol. The second-order valence-electron chi connectivity index (χ2n) is 7.35. The average molecular weight is 351 g/mol. The molecule has 2 atom stereocenters. The number of benzene rings is 2. The van der Waals surface area contributed by atoms with Gasteiger partial charge >= 0.3 is 0 Å². The fourth-order valence-electron chi connectivity index (χ4n) is 4.46. The molecule has 0 bridgehead atoms. The van der Waals surface area contributed by atoms with Gasteiger partial charge in [0.1, 0.15) is 0 Å². The Morgan fingerprint density at radius 2 is 1.73 bits per heavy atom. The Bertz CT molecular complexity index is 748. The molecule has 0 saturated carbocycles. The highest BCUT2D eigenvalue weighted by Crippen LogP contribution is 2.38. The lowest BCUT2D eigenvalue weighted by molar-refractivity contribution is -0.384. The summed E-state index contributed by atoms with van der Waals surface area (Å²) in [4.78, 5) is 15.8. The van der Waals surface area contributed by atoms with Crippen molar-refractivity contribution in [1.82, 2.24) is 9.80 Å². The maximum absolute atomic E-state index is 11.0. The third kappa shape index (κ3) is 3.50. The van der Waals surface area contributed by atoms with Gasteiger partial charge in [-0.1, -0.05) is 36.8 Å². The predicted octanol–water partition coefficient (Wildman–Crippen LogP) is 4.35. The highest BCUT2D eigenvalue weighted by Gasteiger charge is 2.37. The normalized spacial score (nSPS) is 24.2. The summed E-state index contributed by atoms with van der Waals surface area (Å²) in [5.74, 6) is 0. The molecule has 0 aliphatic carbocycles. The van der Waals surface area contributed by atoms with Gasteiger partial charge in [-0.15, -0.1) is 0 Å². The largest absolute Gasteiger partial charge is 0.281 e. The Labute approximate surface area is 154 Å². The molecule has 2 heterocycles. The van der Waals surface area contributed by atoms with E-state index >= 15 is 0 Å². The SMILES string of the molecule is O=[N+]([O-])c1ccc([C@@H]2N(Cc3ccccc3)CC[C@H]3CCCCN32)cc1. The molecule has 0 spiro atoms. The molecule has 0 unspecified atom stereocenters. The van der Waals surface area contributed by atoms with Crippen LogP contribution in [-0.2, 0) is 6.54 Å². The van der Waals surface area contributed by atoms with Gasteiger partial charge in [0, 0.05) is 37.8 Å². The number of hydrogen-bond donors (Lipinski definition) is 0. The number of rotatable bonds is 4. The quantitative estimate of drug-likeness (QED) is 0.607. The van der Waals surface area contributed by atoms with E-state index in [1.807, 2.05) is 18.2 Å². The van der Waals surface area contributed by atoms with E-state index in [2.05, 4.69) is 34.1 Å². The van der Waals surface area contributed by atoms with Crippen LogP contribution in [0.15, 0.2) is 54.6 Å². The van der Waals surface area contributed by atoms with Crippen LogP contribution in [0.3, 0.4) is 0 Å². The molecule has 2 fully saturated rings. The van der Waals surface area contributed by atoms with Crippen LogP contribution in [0.4, 0.5) is 5.69 Å². The molecule has 0 amide bonds. The smallest absolute Gasteiger partial charge is 0.269 e. The van der Waals surface area contributed by atoms with E-state index in [1.54, 1.807) is 12.1 Å². The zero-order valence-electron chi connectivity index (χ0n) is 15.0. The lowest BCUT2D eigenvalue weighted by atomic mass is 9.93. The number of nitro groups is 1. The van der Waals surface area contributed by atoms with Gasteiger partial charge in [-0.3, -0.25) is 19.9 Å². The van der Waals surface area contributed by atoms with Crippen LogP contribution in [0.25, 0.3) is 0 Å². The van der Waals surface area contributed by atoms with Crippen molar-refractivity contribution in [2.24, 2.45) is 0 Å². The molecule has 5 heteroatoms. The number of fused-ring (bicyclic) bond motifs is 1. The van der Waals surface area contributed by atoms with E-state index in [1.165, 1.54) is 31.2 Å². The Morgan fingerprint density at radius 3 is 2.46 bits per heavy atom. The second kappa shape index (κ2) is 7.56. The fraction of sp³-hybridized carbons (Fsp3) is 0.429.